The zero-order chi connectivity index (χ0) is 14.4. The maximum Gasteiger partial charge on any atom is 0.0412 e. The van der Waals surface area contributed by atoms with Crippen LogP contribution in [0.4, 0.5) is 5.69 Å². The lowest BCUT2D eigenvalue weighted by Gasteiger charge is -2.47. The maximum absolute atomic E-state index is 3.85. The molecule has 2 unspecified atom stereocenters. The second-order valence-corrected chi connectivity index (χ2v) is 7.85. The summed E-state index contributed by atoms with van der Waals surface area (Å²) in [4.78, 5) is 2.66. The lowest BCUT2D eigenvalue weighted by Crippen LogP contribution is -2.64. The SMILES string of the molecule is CCC1CNC(C)(C2CC2)CN1c1ccc2sccc2c1. The number of nitrogens with one attached hydrogen (secondary N) is 1. The molecule has 21 heavy (non-hydrogen) atoms. The van der Waals surface area contributed by atoms with Crippen molar-refractivity contribution in [3.8, 4) is 0 Å². The van der Waals surface area contributed by atoms with Gasteiger partial charge in [0.1, 0.15) is 0 Å². The number of nitrogens with zero attached hydrogens (tertiary/aromatic N) is 1. The molecular weight excluding hydrogens is 276 g/mol. The Labute approximate surface area is 131 Å². The fraction of sp³-hybridized carbons (Fsp3) is 0.556. The standard InChI is InChI=1S/C18H24N2S/c1-3-15-11-19-18(2,14-4-5-14)12-20(15)16-6-7-17-13(10-16)8-9-21-17/h6-10,14-15,19H,3-5,11-12H2,1-2H3. The fourth-order valence-electron chi connectivity index (χ4n) is 3.79. The van der Waals surface area contributed by atoms with Gasteiger partial charge in [0.25, 0.3) is 0 Å². The molecule has 0 amide bonds. The van der Waals surface area contributed by atoms with E-state index >= 15 is 0 Å². The van der Waals surface area contributed by atoms with Crippen molar-refractivity contribution < 1.29 is 0 Å². The van der Waals surface area contributed by atoms with Crippen molar-refractivity contribution in [2.24, 2.45) is 5.92 Å². The Morgan fingerprint density at radius 3 is 2.95 bits per heavy atom. The summed E-state index contributed by atoms with van der Waals surface area (Å²) in [7, 11) is 0. The third kappa shape index (κ3) is 2.36. The predicted octanol–water partition coefficient (Wildman–Crippen LogP) is 4.26. The fourth-order valence-corrected chi connectivity index (χ4v) is 4.56. The normalized spacial score (nSPS) is 30.0. The number of fused-ring (bicyclic) bond motifs is 1. The summed E-state index contributed by atoms with van der Waals surface area (Å²) in [5.74, 6) is 0.877. The summed E-state index contributed by atoms with van der Waals surface area (Å²) in [5.41, 5.74) is 1.70. The van der Waals surface area contributed by atoms with Crippen LogP contribution in [-0.2, 0) is 0 Å². The number of piperazine rings is 1. The maximum atomic E-state index is 3.85. The van der Waals surface area contributed by atoms with Gasteiger partial charge in [0.15, 0.2) is 0 Å². The molecule has 2 fully saturated rings. The van der Waals surface area contributed by atoms with Crippen molar-refractivity contribution in [3.05, 3.63) is 29.6 Å². The van der Waals surface area contributed by atoms with Crippen LogP contribution in [0.2, 0.25) is 0 Å². The van der Waals surface area contributed by atoms with E-state index in [9.17, 15) is 0 Å². The van der Waals surface area contributed by atoms with Crippen LogP contribution in [0.1, 0.15) is 33.1 Å². The number of anilines is 1. The molecule has 2 atom stereocenters. The Morgan fingerprint density at radius 2 is 2.19 bits per heavy atom. The van der Waals surface area contributed by atoms with E-state index in [0.29, 0.717) is 11.6 Å². The second-order valence-electron chi connectivity index (χ2n) is 6.91. The minimum atomic E-state index is 0.301. The number of rotatable bonds is 3. The van der Waals surface area contributed by atoms with Gasteiger partial charge in [0, 0.05) is 35.1 Å². The molecule has 1 N–H and O–H groups in total. The van der Waals surface area contributed by atoms with Gasteiger partial charge in [-0.1, -0.05) is 6.92 Å². The molecule has 1 aromatic heterocycles. The zero-order valence-electron chi connectivity index (χ0n) is 12.9. The molecule has 4 rings (SSSR count). The Kier molecular flexibility index (Phi) is 3.23. The molecule has 2 nitrogen and oxygen atoms in total. The topological polar surface area (TPSA) is 15.3 Å². The van der Waals surface area contributed by atoms with E-state index in [1.54, 1.807) is 0 Å². The van der Waals surface area contributed by atoms with Crippen molar-refractivity contribution in [3.63, 3.8) is 0 Å². The lowest BCUT2D eigenvalue weighted by atomic mass is 9.90. The molecular formula is C18H24N2S. The first-order chi connectivity index (χ1) is 10.2. The van der Waals surface area contributed by atoms with Gasteiger partial charge in [-0.2, -0.15) is 0 Å². The molecule has 0 bridgehead atoms. The van der Waals surface area contributed by atoms with Crippen molar-refractivity contribution in [1.29, 1.82) is 0 Å². The highest BCUT2D eigenvalue weighted by Gasteiger charge is 2.45. The van der Waals surface area contributed by atoms with Gasteiger partial charge >= 0.3 is 0 Å². The monoisotopic (exact) mass is 300 g/mol. The lowest BCUT2D eigenvalue weighted by molar-refractivity contribution is 0.252. The summed E-state index contributed by atoms with van der Waals surface area (Å²) in [5, 5.41) is 7.43. The molecule has 0 spiro atoms. The molecule has 3 heteroatoms. The Hall–Kier alpha value is -1.06. The summed E-state index contributed by atoms with van der Waals surface area (Å²) < 4.78 is 1.40. The van der Waals surface area contributed by atoms with E-state index in [4.69, 9.17) is 0 Å². The molecule has 1 aliphatic heterocycles. The van der Waals surface area contributed by atoms with Gasteiger partial charge in [0.05, 0.1) is 0 Å². The van der Waals surface area contributed by atoms with Crippen molar-refractivity contribution >= 4 is 27.1 Å². The van der Waals surface area contributed by atoms with Crippen molar-refractivity contribution in [2.75, 3.05) is 18.0 Å². The molecule has 1 aliphatic carbocycles. The zero-order valence-corrected chi connectivity index (χ0v) is 13.7. The molecule has 112 valence electrons. The van der Waals surface area contributed by atoms with Gasteiger partial charge in [0.2, 0.25) is 0 Å². The average Bonchev–Trinajstić information content (AvgIpc) is 3.26. The first-order valence-electron chi connectivity index (χ1n) is 8.18. The minimum Gasteiger partial charge on any atom is -0.365 e. The summed E-state index contributed by atoms with van der Waals surface area (Å²) >= 11 is 1.83. The molecule has 0 radical (unpaired) electrons. The third-order valence-corrected chi connectivity index (χ3v) is 6.30. The smallest absolute Gasteiger partial charge is 0.0412 e. The quantitative estimate of drug-likeness (QED) is 0.911. The highest BCUT2D eigenvalue weighted by atomic mass is 32.1. The highest BCUT2D eigenvalue weighted by molar-refractivity contribution is 7.17. The van der Waals surface area contributed by atoms with E-state index in [2.05, 4.69) is 53.7 Å². The molecule has 2 aromatic rings. The van der Waals surface area contributed by atoms with Crippen LogP contribution < -0.4 is 10.2 Å². The molecule has 2 heterocycles. The van der Waals surface area contributed by atoms with E-state index in [0.717, 1.165) is 19.0 Å². The van der Waals surface area contributed by atoms with Crippen LogP contribution in [0.25, 0.3) is 10.1 Å². The molecule has 1 saturated carbocycles. The van der Waals surface area contributed by atoms with Crippen molar-refractivity contribution in [2.45, 2.75) is 44.7 Å². The number of hydrogen-bond acceptors (Lipinski definition) is 3. The summed E-state index contributed by atoms with van der Waals surface area (Å²) in [6.45, 7) is 6.99. The van der Waals surface area contributed by atoms with E-state index in [1.165, 1.54) is 35.0 Å². The minimum absolute atomic E-state index is 0.301. The van der Waals surface area contributed by atoms with Crippen LogP contribution in [0, 0.1) is 5.92 Å². The van der Waals surface area contributed by atoms with Gasteiger partial charge in [-0.25, -0.2) is 0 Å². The highest BCUT2D eigenvalue weighted by Crippen LogP contribution is 2.42. The van der Waals surface area contributed by atoms with Crippen LogP contribution in [-0.4, -0.2) is 24.7 Å². The van der Waals surface area contributed by atoms with Crippen molar-refractivity contribution in [1.82, 2.24) is 5.32 Å². The predicted molar refractivity (Wildman–Crippen MR) is 92.4 cm³/mol. The summed E-state index contributed by atoms with van der Waals surface area (Å²) in [6, 6.07) is 9.85. The molecule has 1 aromatic carbocycles. The number of benzene rings is 1. The second kappa shape index (κ2) is 4.99. The van der Waals surface area contributed by atoms with Gasteiger partial charge in [-0.05, 0) is 67.1 Å². The Morgan fingerprint density at radius 1 is 1.33 bits per heavy atom. The Balaban J connectivity index is 1.68. The Bertz CT molecular complexity index is 645. The largest absolute Gasteiger partial charge is 0.365 e. The summed E-state index contributed by atoms with van der Waals surface area (Å²) in [6.07, 6.45) is 4.00. The average molecular weight is 300 g/mol. The van der Waals surface area contributed by atoms with Gasteiger partial charge in [-0.3, -0.25) is 0 Å². The van der Waals surface area contributed by atoms with E-state index in [-0.39, 0.29) is 0 Å². The van der Waals surface area contributed by atoms with Gasteiger partial charge in [-0.15, -0.1) is 11.3 Å². The van der Waals surface area contributed by atoms with Gasteiger partial charge < -0.3 is 10.2 Å². The van der Waals surface area contributed by atoms with Crippen LogP contribution in [0.5, 0.6) is 0 Å². The molecule has 2 aliphatic rings. The number of thiophene rings is 1. The molecule has 1 saturated heterocycles. The first kappa shape index (κ1) is 13.6. The third-order valence-electron chi connectivity index (χ3n) is 5.40. The number of hydrogen-bond donors (Lipinski definition) is 1. The van der Waals surface area contributed by atoms with E-state index < -0.39 is 0 Å². The van der Waals surface area contributed by atoms with Crippen LogP contribution >= 0.6 is 11.3 Å². The van der Waals surface area contributed by atoms with E-state index in [1.807, 2.05) is 11.3 Å². The first-order valence-corrected chi connectivity index (χ1v) is 9.06. The van der Waals surface area contributed by atoms with Crippen LogP contribution in [0.15, 0.2) is 29.6 Å². The van der Waals surface area contributed by atoms with Crippen LogP contribution in [0.3, 0.4) is 0 Å².